The Bertz CT molecular complexity index is 867. The second-order valence-corrected chi connectivity index (χ2v) is 5.35. The zero-order valence-electron chi connectivity index (χ0n) is 13.3. The molecule has 0 aromatic heterocycles. The van der Waals surface area contributed by atoms with Crippen molar-refractivity contribution < 1.29 is 13.5 Å². The van der Waals surface area contributed by atoms with Crippen molar-refractivity contribution in [3.8, 4) is 5.75 Å². The highest BCUT2D eigenvalue weighted by molar-refractivity contribution is 5.80. The van der Waals surface area contributed by atoms with Crippen LogP contribution in [0.15, 0.2) is 77.9 Å². The molecule has 0 saturated carbocycles. The summed E-state index contributed by atoms with van der Waals surface area (Å²) in [6, 6.07) is 20.7. The lowest BCUT2D eigenvalue weighted by atomic mass is 10.2. The Hall–Kier alpha value is -3.21. The average Bonchev–Trinajstić information content (AvgIpc) is 2.64. The summed E-state index contributed by atoms with van der Waals surface area (Å²) in [6.45, 7) is 0.153. The van der Waals surface area contributed by atoms with E-state index < -0.39 is 11.6 Å². The standard InChI is InChI=1S/C20H16F2N2O/c21-19-10-9-16(12-20(19)22)14-25-18-8-4-5-15(11-18)13-23-24-17-6-2-1-3-7-17/h1-13,24H,14H2. The minimum absolute atomic E-state index is 0.153. The number of hydrogen-bond acceptors (Lipinski definition) is 3. The molecule has 0 fully saturated rings. The van der Waals surface area contributed by atoms with Crippen molar-refractivity contribution in [2.75, 3.05) is 5.43 Å². The van der Waals surface area contributed by atoms with E-state index in [1.54, 1.807) is 12.3 Å². The Labute approximate surface area is 144 Å². The highest BCUT2D eigenvalue weighted by Crippen LogP contribution is 2.16. The van der Waals surface area contributed by atoms with Gasteiger partial charge in [0.05, 0.1) is 11.9 Å². The number of ether oxygens (including phenoxy) is 1. The predicted octanol–water partition coefficient (Wildman–Crippen LogP) is 4.99. The fraction of sp³-hybridized carbons (Fsp3) is 0.0500. The fourth-order valence-electron chi connectivity index (χ4n) is 2.17. The molecule has 0 aliphatic carbocycles. The second-order valence-electron chi connectivity index (χ2n) is 5.35. The Morgan fingerprint density at radius 2 is 1.72 bits per heavy atom. The van der Waals surface area contributed by atoms with Gasteiger partial charge >= 0.3 is 0 Å². The summed E-state index contributed by atoms with van der Waals surface area (Å²) in [4.78, 5) is 0. The van der Waals surface area contributed by atoms with Crippen molar-refractivity contribution in [2.45, 2.75) is 6.61 Å². The molecule has 0 spiro atoms. The van der Waals surface area contributed by atoms with Gasteiger partial charge in [-0.2, -0.15) is 5.10 Å². The first kappa shape index (κ1) is 16.6. The first-order valence-electron chi connectivity index (χ1n) is 7.71. The summed E-state index contributed by atoms with van der Waals surface area (Å²) < 4.78 is 31.7. The lowest BCUT2D eigenvalue weighted by Gasteiger charge is -2.07. The second kappa shape index (κ2) is 8.06. The smallest absolute Gasteiger partial charge is 0.159 e. The highest BCUT2D eigenvalue weighted by Gasteiger charge is 2.03. The SMILES string of the molecule is Fc1ccc(COc2cccc(C=NNc3ccccc3)c2)cc1F. The molecule has 1 N–H and O–H groups in total. The lowest BCUT2D eigenvalue weighted by molar-refractivity contribution is 0.305. The molecule has 0 amide bonds. The van der Waals surface area contributed by atoms with Crippen LogP contribution in [0.2, 0.25) is 0 Å². The van der Waals surface area contributed by atoms with Gasteiger partial charge in [-0.25, -0.2) is 8.78 Å². The molecule has 25 heavy (non-hydrogen) atoms. The van der Waals surface area contributed by atoms with E-state index in [0.717, 1.165) is 23.4 Å². The van der Waals surface area contributed by atoms with E-state index in [0.29, 0.717) is 11.3 Å². The zero-order chi connectivity index (χ0) is 17.5. The Morgan fingerprint density at radius 1 is 0.880 bits per heavy atom. The van der Waals surface area contributed by atoms with Gasteiger partial charge < -0.3 is 4.74 Å². The van der Waals surface area contributed by atoms with Crippen molar-refractivity contribution in [1.29, 1.82) is 0 Å². The molecule has 0 unspecified atom stereocenters. The summed E-state index contributed by atoms with van der Waals surface area (Å²) in [5, 5.41) is 4.17. The predicted molar refractivity (Wildman–Crippen MR) is 94.8 cm³/mol. The van der Waals surface area contributed by atoms with Gasteiger partial charge in [-0.3, -0.25) is 5.43 Å². The molecule has 3 aromatic carbocycles. The quantitative estimate of drug-likeness (QED) is 0.507. The number of nitrogens with one attached hydrogen (secondary N) is 1. The van der Waals surface area contributed by atoms with Crippen LogP contribution in [0.25, 0.3) is 0 Å². The van der Waals surface area contributed by atoms with E-state index in [9.17, 15) is 8.78 Å². The van der Waals surface area contributed by atoms with Crippen LogP contribution in [0.4, 0.5) is 14.5 Å². The molecule has 0 heterocycles. The van der Waals surface area contributed by atoms with Gasteiger partial charge in [0.2, 0.25) is 0 Å². The van der Waals surface area contributed by atoms with Gasteiger partial charge in [0, 0.05) is 0 Å². The molecule has 3 rings (SSSR count). The lowest BCUT2D eigenvalue weighted by Crippen LogP contribution is -1.98. The van der Waals surface area contributed by atoms with Crippen molar-refractivity contribution >= 4 is 11.9 Å². The monoisotopic (exact) mass is 338 g/mol. The third-order valence-corrected chi connectivity index (χ3v) is 3.43. The molecule has 0 aliphatic heterocycles. The number of anilines is 1. The molecule has 126 valence electrons. The molecular weight excluding hydrogens is 322 g/mol. The van der Waals surface area contributed by atoms with Crippen LogP contribution in [-0.4, -0.2) is 6.21 Å². The maximum absolute atomic E-state index is 13.2. The number of halogens is 2. The van der Waals surface area contributed by atoms with Gasteiger partial charge in [0.25, 0.3) is 0 Å². The summed E-state index contributed by atoms with van der Waals surface area (Å²) in [5.74, 6) is -1.13. The first-order chi connectivity index (χ1) is 12.2. The van der Waals surface area contributed by atoms with E-state index >= 15 is 0 Å². The molecule has 0 radical (unpaired) electrons. The third kappa shape index (κ3) is 4.88. The van der Waals surface area contributed by atoms with Crippen LogP contribution < -0.4 is 10.2 Å². The number of nitrogens with zero attached hydrogens (tertiary/aromatic N) is 1. The maximum atomic E-state index is 13.2. The van der Waals surface area contributed by atoms with Gasteiger partial charge in [0.1, 0.15) is 12.4 Å². The van der Waals surface area contributed by atoms with Crippen LogP contribution in [0, 0.1) is 11.6 Å². The molecule has 0 aliphatic rings. The number of hydrogen-bond donors (Lipinski definition) is 1. The maximum Gasteiger partial charge on any atom is 0.159 e. The average molecular weight is 338 g/mol. The molecule has 5 heteroatoms. The van der Waals surface area contributed by atoms with Crippen LogP contribution in [0.1, 0.15) is 11.1 Å². The van der Waals surface area contributed by atoms with Gasteiger partial charge in [-0.1, -0.05) is 36.4 Å². The van der Waals surface area contributed by atoms with E-state index in [1.165, 1.54) is 6.07 Å². The summed E-state index contributed by atoms with van der Waals surface area (Å²) in [6.07, 6.45) is 1.68. The fourth-order valence-corrected chi connectivity index (χ4v) is 2.17. The van der Waals surface area contributed by atoms with Crippen molar-refractivity contribution in [1.82, 2.24) is 0 Å². The Balaban J connectivity index is 1.60. The number of para-hydroxylation sites is 1. The van der Waals surface area contributed by atoms with E-state index in [2.05, 4.69) is 10.5 Å². The molecule has 0 atom stereocenters. The molecule has 3 nitrogen and oxygen atoms in total. The summed E-state index contributed by atoms with van der Waals surface area (Å²) in [7, 11) is 0. The summed E-state index contributed by atoms with van der Waals surface area (Å²) in [5.41, 5.74) is 5.24. The van der Waals surface area contributed by atoms with Crippen LogP contribution in [-0.2, 0) is 6.61 Å². The largest absolute Gasteiger partial charge is 0.489 e. The van der Waals surface area contributed by atoms with Crippen LogP contribution in [0.3, 0.4) is 0 Å². The van der Waals surface area contributed by atoms with Crippen molar-refractivity contribution in [3.63, 3.8) is 0 Å². The van der Waals surface area contributed by atoms with Gasteiger partial charge in [0.15, 0.2) is 11.6 Å². The van der Waals surface area contributed by atoms with Crippen LogP contribution in [0.5, 0.6) is 5.75 Å². The number of benzene rings is 3. The molecule has 0 saturated heterocycles. The van der Waals surface area contributed by atoms with E-state index in [-0.39, 0.29) is 6.61 Å². The van der Waals surface area contributed by atoms with Gasteiger partial charge in [-0.05, 0) is 47.5 Å². The Kier molecular flexibility index (Phi) is 5.36. The zero-order valence-corrected chi connectivity index (χ0v) is 13.3. The van der Waals surface area contributed by atoms with Gasteiger partial charge in [-0.15, -0.1) is 0 Å². The van der Waals surface area contributed by atoms with E-state index in [1.807, 2.05) is 48.5 Å². The minimum atomic E-state index is -0.881. The molecular formula is C20H16F2N2O. The minimum Gasteiger partial charge on any atom is -0.489 e. The number of rotatable bonds is 6. The van der Waals surface area contributed by atoms with Crippen LogP contribution >= 0.6 is 0 Å². The third-order valence-electron chi connectivity index (χ3n) is 3.43. The normalized spacial score (nSPS) is 10.8. The molecule has 0 bridgehead atoms. The summed E-state index contributed by atoms with van der Waals surface area (Å²) >= 11 is 0. The van der Waals surface area contributed by atoms with E-state index in [4.69, 9.17) is 4.74 Å². The number of hydrazone groups is 1. The molecule has 3 aromatic rings. The van der Waals surface area contributed by atoms with Crippen molar-refractivity contribution in [2.24, 2.45) is 5.10 Å². The highest BCUT2D eigenvalue weighted by atomic mass is 19.2. The first-order valence-corrected chi connectivity index (χ1v) is 7.71. The van der Waals surface area contributed by atoms with Crippen molar-refractivity contribution in [3.05, 3.63) is 95.6 Å². The Morgan fingerprint density at radius 3 is 2.52 bits per heavy atom. The topological polar surface area (TPSA) is 33.6 Å².